The van der Waals surface area contributed by atoms with Gasteiger partial charge in [0.1, 0.15) is 17.7 Å². The molecule has 0 bridgehead atoms. The van der Waals surface area contributed by atoms with Crippen molar-refractivity contribution in [3.8, 4) is 12.1 Å². The summed E-state index contributed by atoms with van der Waals surface area (Å²) in [4.78, 5) is 26.6. The molecular formula is C26H29BN4O5. The highest BCUT2D eigenvalue weighted by atomic mass is 16.6. The second kappa shape index (κ2) is 13.7. The second-order valence-electron chi connectivity index (χ2n) is 8.05. The Hall–Kier alpha value is -4.12. The molecule has 186 valence electrons. The van der Waals surface area contributed by atoms with Gasteiger partial charge < -0.3 is 25.0 Å². The van der Waals surface area contributed by atoms with Crippen molar-refractivity contribution in [3.05, 3.63) is 76.4 Å². The van der Waals surface area contributed by atoms with E-state index in [-0.39, 0.29) is 17.6 Å². The maximum absolute atomic E-state index is 12.6. The number of nitrogens with one attached hydrogen (secondary N) is 1. The van der Waals surface area contributed by atoms with Crippen LogP contribution in [0.3, 0.4) is 0 Å². The van der Waals surface area contributed by atoms with E-state index in [1.807, 2.05) is 32.1 Å². The topological polar surface area (TPSA) is 147 Å². The van der Waals surface area contributed by atoms with Gasteiger partial charge in [-0.1, -0.05) is 30.3 Å². The first kappa shape index (κ1) is 28.1. The normalized spacial score (nSPS) is 12.5. The van der Waals surface area contributed by atoms with Gasteiger partial charge in [-0.15, -0.1) is 0 Å². The minimum Gasteiger partial charge on any atom is -0.442 e. The van der Waals surface area contributed by atoms with Crippen LogP contribution >= 0.6 is 0 Å². The molecule has 2 aromatic rings. The van der Waals surface area contributed by atoms with Crippen LogP contribution in [0.4, 0.5) is 4.79 Å². The van der Waals surface area contributed by atoms with Crippen molar-refractivity contribution in [2.24, 2.45) is 0 Å². The van der Waals surface area contributed by atoms with E-state index < -0.39 is 31.2 Å². The van der Waals surface area contributed by atoms with Crippen molar-refractivity contribution < 1.29 is 24.4 Å². The quantitative estimate of drug-likeness (QED) is 0.265. The van der Waals surface area contributed by atoms with Crippen molar-refractivity contribution >= 4 is 25.2 Å². The van der Waals surface area contributed by atoms with Crippen LogP contribution in [-0.2, 0) is 16.0 Å². The third-order valence-electron chi connectivity index (χ3n) is 5.53. The van der Waals surface area contributed by atoms with Crippen LogP contribution in [0.25, 0.3) is 6.08 Å². The Morgan fingerprint density at radius 1 is 1.14 bits per heavy atom. The van der Waals surface area contributed by atoms with Crippen LogP contribution in [0.1, 0.15) is 49.1 Å². The van der Waals surface area contributed by atoms with Crippen molar-refractivity contribution in [3.63, 3.8) is 0 Å². The number of rotatable bonds is 10. The molecule has 0 saturated carbocycles. The van der Waals surface area contributed by atoms with Crippen LogP contribution in [0.2, 0.25) is 0 Å². The number of nitriles is 2. The maximum atomic E-state index is 12.6. The Kier molecular flexibility index (Phi) is 10.7. The Bertz CT molecular complexity index is 1170. The maximum Gasteiger partial charge on any atom is 0.475 e. The van der Waals surface area contributed by atoms with Gasteiger partial charge in [0.2, 0.25) is 0 Å². The van der Waals surface area contributed by atoms with E-state index in [1.54, 1.807) is 37.3 Å². The molecule has 2 rings (SSSR count). The first-order valence-corrected chi connectivity index (χ1v) is 11.6. The molecule has 0 fully saturated rings. The molecule has 2 atom stereocenters. The fourth-order valence-electron chi connectivity index (χ4n) is 3.56. The Labute approximate surface area is 211 Å². The number of benzene rings is 2. The van der Waals surface area contributed by atoms with Crippen molar-refractivity contribution in [1.82, 2.24) is 10.2 Å². The van der Waals surface area contributed by atoms with Gasteiger partial charge in [0, 0.05) is 13.1 Å². The monoisotopic (exact) mass is 488 g/mol. The average molecular weight is 488 g/mol. The van der Waals surface area contributed by atoms with Crippen molar-refractivity contribution in [1.29, 1.82) is 10.5 Å². The number of likely N-dealkylation sites (N-methyl/N-ethyl adjacent to an activating group) is 1. The van der Waals surface area contributed by atoms with Crippen LogP contribution in [0, 0.1) is 22.7 Å². The van der Waals surface area contributed by atoms with E-state index in [2.05, 4.69) is 5.32 Å². The third-order valence-corrected chi connectivity index (χ3v) is 5.53. The highest BCUT2D eigenvalue weighted by molar-refractivity contribution is 6.43. The molecule has 2 amide bonds. The summed E-state index contributed by atoms with van der Waals surface area (Å²) in [5.41, 5.74) is 1.88. The summed E-state index contributed by atoms with van der Waals surface area (Å²) < 4.78 is 5.42. The lowest BCUT2D eigenvalue weighted by atomic mass is 9.76. The summed E-state index contributed by atoms with van der Waals surface area (Å²) in [7, 11) is -1.81. The summed E-state index contributed by atoms with van der Waals surface area (Å²) in [6.45, 7) is 6.12. The van der Waals surface area contributed by atoms with Crippen molar-refractivity contribution in [2.75, 3.05) is 13.1 Å². The van der Waals surface area contributed by atoms with Crippen LogP contribution in [-0.4, -0.2) is 53.1 Å². The molecule has 0 radical (unpaired) electrons. The highest BCUT2D eigenvalue weighted by Gasteiger charge is 2.27. The molecule has 36 heavy (non-hydrogen) atoms. The minimum atomic E-state index is -1.81. The Morgan fingerprint density at radius 2 is 1.81 bits per heavy atom. The van der Waals surface area contributed by atoms with Crippen LogP contribution in [0.15, 0.2) is 54.1 Å². The number of hydrogen-bond donors (Lipinski definition) is 3. The smallest absolute Gasteiger partial charge is 0.442 e. The number of hydrogen-bond acceptors (Lipinski definition) is 7. The SMILES string of the molecule is CCN(CC)C(=O)C(C#N)=Cc1cc(C#N)cc(C(C)OC(=O)NC(Cc2ccccc2)B(O)O)c1. The van der Waals surface area contributed by atoms with Gasteiger partial charge >= 0.3 is 13.2 Å². The molecule has 0 heterocycles. The van der Waals surface area contributed by atoms with Gasteiger partial charge in [-0.05, 0) is 68.2 Å². The Balaban J connectivity index is 2.21. The lowest BCUT2D eigenvalue weighted by Gasteiger charge is -2.20. The van der Waals surface area contributed by atoms with Gasteiger partial charge in [-0.3, -0.25) is 4.79 Å². The summed E-state index contributed by atoms with van der Waals surface area (Å²) in [5.74, 6) is -1.41. The second-order valence-corrected chi connectivity index (χ2v) is 8.05. The Morgan fingerprint density at radius 3 is 2.36 bits per heavy atom. The minimum absolute atomic E-state index is 0.0771. The zero-order valence-electron chi connectivity index (χ0n) is 20.5. The number of carbonyl (C=O) groups is 2. The third kappa shape index (κ3) is 7.98. The zero-order valence-corrected chi connectivity index (χ0v) is 20.5. The number of nitrogens with zero attached hydrogens (tertiary/aromatic N) is 3. The molecule has 0 aromatic heterocycles. The number of alkyl carbamates (subject to hydrolysis) is 1. The predicted octanol–water partition coefficient (Wildman–Crippen LogP) is 2.74. The van der Waals surface area contributed by atoms with Gasteiger partial charge in [0.15, 0.2) is 0 Å². The molecule has 0 spiro atoms. The van der Waals surface area contributed by atoms with Crippen LogP contribution in [0.5, 0.6) is 0 Å². The number of carbonyl (C=O) groups excluding carboxylic acids is 2. The van der Waals surface area contributed by atoms with Gasteiger partial charge in [-0.2, -0.15) is 10.5 Å². The van der Waals surface area contributed by atoms with Crippen LogP contribution < -0.4 is 5.32 Å². The standard InChI is InChI=1S/C26H29BN4O5/c1-4-31(5-2)25(32)23(17-29)13-20-11-21(16-28)14-22(12-20)18(3)36-26(33)30-24(27(34)35)15-19-9-7-6-8-10-19/h6-14,18,24,34-35H,4-5,15H2,1-3H3,(H,30,33). The molecular weight excluding hydrogens is 459 g/mol. The largest absolute Gasteiger partial charge is 0.475 e. The first-order valence-electron chi connectivity index (χ1n) is 11.6. The van der Waals surface area contributed by atoms with Gasteiger partial charge in [-0.25, -0.2) is 4.79 Å². The molecule has 0 aliphatic carbocycles. The summed E-state index contributed by atoms with van der Waals surface area (Å²) in [5, 5.41) is 40.8. The van der Waals surface area contributed by atoms with Gasteiger partial charge in [0.25, 0.3) is 5.91 Å². The van der Waals surface area contributed by atoms with E-state index in [4.69, 9.17) is 4.74 Å². The number of ether oxygens (including phenoxy) is 1. The molecule has 0 aliphatic heterocycles. The van der Waals surface area contributed by atoms with Crippen molar-refractivity contribution in [2.45, 2.75) is 39.2 Å². The molecule has 2 aromatic carbocycles. The lowest BCUT2D eigenvalue weighted by molar-refractivity contribution is -0.126. The molecule has 10 heteroatoms. The van der Waals surface area contributed by atoms with E-state index in [0.717, 1.165) is 5.56 Å². The summed E-state index contributed by atoms with van der Waals surface area (Å²) in [6.07, 6.45) is -0.109. The first-order chi connectivity index (χ1) is 17.2. The fraction of sp³-hybridized carbons (Fsp3) is 0.308. The predicted molar refractivity (Wildman–Crippen MR) is 135 cm³/mol. The van der Waals surface area contributed by atoms with E-state index in [1.165, 1.54) is 23.1 Å². The van der Waals surface area contributed by atoms with E-state index >= 15 is 0 Å². The summed E-state index contributed by atoms with van der Waals surface area (Å²) in [6, 6.07) is 17.7. The fourth-order valence-corrected chi connectivity index (χ4v) is 3.56. The molecule has 0 saturated heterocycles. The highest BCUT2D eigenvalue weighted by Crippen LogP contribution is 2.22. The average Bonchev–Trinajstić information content (AvgIpc) is 2.87. The van der Waals surface area contributed by atoms with E-state index in [0.29, 0.717) is 24.2 Å². The number of amides is 2. The zero-order chi connectivity index (χ0) is 26.7. The molecule has 9 nitrogen and oxygen atoms in total. The van der Waals surface area contributed by atoms with Gasteiger partial charge in [0.05, 0.1) is 17.6 Å². The molecule has 2 unspecified atom stereocenters. The molecule has 3 N–H and O–H groups in total. The molecule has 0 aliphatic rings. The van der Waals surface area contributed by atoms with E-state index in [9.17, 15) is 30.2 Å². The lowest BCUT2D eigenvalue weighted by Crippen LogP contribution is -2.48. The summed E-state index contributed by atoms with van der Waals surface area (Å²) >= 11 is 0.